The highest BCUT2D eigenvalue weighted by atomic mass is 15.2. The van der Waals surface area contributed by atoms with Gasteiger partial charge in [-0.2, -0.15) is 0 Å². The summed E-state index contributed by atoms with van der Waals surface area (Å²) in [5.41, 5.74) is 2.84. The van der Waals surface area contributed by atoms with Gasteiger partial charge < -0.3 is 5.32 Å². The van der Waals surface area contributed by atoms with Crippen LogP contribution in [0.5, 0.6) is 0 Å². The van der Waals surface area contributed by atoms with Gasteiger partial charge in [-0.15, -0.1) is 0 Å². The highest BCUT2D eigenvalue weighted by Crippen LogP contribution is 2.26. The van der Waals surface area contributed by atoms with Crippen molar-refractivity contribution >= 4 is 0 Å². The lowest BCUT2D eigenvalue weighted by Gasteiger charge is -2.33. The normalized spacial score (nSPS) is 20.1. The van der Waals surface area contributed by atoms with Crippen LogP contribution in [0.2, 0.25) is 0 Å². The molecule has 2 heteroatoms. The van der Waals surface area contributed by atoms with Crippen LogP contribution in [-0.4, -0.2) is 30.6 Å². The monoisotopic (exact) mass is 288 g/mol. The van der Waals surface area contributed by atoms with E-state index in [4.69, 9.17) is 0 Å². The van der Waals surface area contributed by atoms with Crippen LogP contribution in [0.1, 0.15) is 63.1 Å². The second-order valence-electron chi connectivity index (χ2n) is 6.48. The maximum atomic E-state index is 3.66. The van der Waals surface area contributed by atoms with Crippen molar-refractivity contribution in [1.29, 1.82) is 0 Å². The molecule has 0 aliphatic carbocycles. The summed E-state index contributed by atoms with van der Waals surface area (Å²) in [5.74, 6) is 0. The maximum Gasteiger partial charge on any atom is 0.0346 e. The van der Waals surface area contributed by atoms with Crippen molar-refractivity contribution < 1.29 is 0 Å². The third-order valence-corrected chi connectivity index (χ3v) is 4.71. The molecule has 1 aliphatic rings. The number of hydrogen-bond donors (Lipinski definition) is 1. The summed E-state index contributed by atoms with van der Waals surface area (Å²) in [7, 11) is 0. The molecule has 2 atom stereocenters. The molecule has 2 rings (SSSR count). The van der Waals surface area contributed by atoms with E-state index in [9.17, 15) is 0 Å². The minimum Gasteiger partial charge on any atom is -0.313 e. The van der Waals surface area contributed by atoms with Crippen molar-refractivity contribution in [3.63, 3.8) is 0 Å². The standard InChI is InChI=1S/C19H32N2/c1-4-6-14-21(15-18-8-7-13-20-18)19(5-2)17-11-9-16(3)10-12-17/h9-12,18-20H,4-8,13-15H2,1-3H3. The van der Waals surface area contributed by atoms with Crippen LogP contribution in [0.3, 0.4) is 0 Å². The van der Waals surface area contributed by atoms with Crippen molar-refractivity contribution in [1.82, 2.24) is 10.2 Å². The Kier molecular flexibility index (Phi) is 6.72. The number of hydrogen-bond acceptors (Lipinski definition) is 2. The van der Waals surface area contributed by atoms with Gasteiger partial charge >= 0.3 is 0 Å². The molecule has 2 nitrogen and oxygen atoms in total. The molecule has 1 aromatic rings. The van der Waals surface area contributed by atoms with E-state index in [0.717, 1.165) is 0 Å². The van der Waals surface area contributed by atoms with Crippen LogP contribution in [-0.2, 0) is 0 Å². The molecular weight excluding hydrogens is 256 g/mol. The van der Waals surface area contributed by atoms with Gasteiger partial charge in [-0.05, 0) is 51.3 Å². The van der Waals surface area contributed by atoms with Gasteiger partial charge in [0, 0.05) is 18.6 Å². The molecule has 1 N–H and O–H groups in total. The lowest BCUT2D eigenvalue weighted by molar-refractivity contribution is 0.173. The van der Waals surface area contributed by atoms with Crippen molar-refractivity contribution in [3.8, 4) is 0 Å². The van der Waals surface area contributed by atoms with Gasteiger partial charge in [0.25, 0.3) is 0 Å². The first-order chi connectivity index (χ1) is 10.2. The maximum absolute atomic E-state index is 3.66. The Hall–Kier alpha value is -0.860. The number of unbranched alkanes of at least 4 members (excludes halogenated alkanes) is 1. The minimum atomic E-state index is 0.569. The molecular formula is C19H32N2. The summed E-state index contributed by atoms with van der Waals surface area (Å²) in [6, 6.07) is 10.4. The first-order valence-electron chi connectivity index (χ1n) is 8.78. The Morgan fingerprint density at radius 1 is 1.24 bits per heavy atom. The largest absolute Gasteiger partial charge is 0.313 e. The highest BCUT2D eigenvalue weighted by molar-refractivity contribution is 5.24. The van der Waals surface area contributed by atoms with Crippen LogP contribution in [0.15, 0.2) is 24.3 Å². The van der Waals surface area contributed by atoms with Crippen molar-refractivity contribution in [2.75, 3.05) is 19.6 Å². The molecule has 1 saturated heterocycles. The molecule has 0 saturated carbocycles. The molecule has 0 radical (unpaired) electrons. The average Bonchev–Trinajstić information content (AvgIpc) is 3.00. The van der Waals surface area contributed by atoms with E-state index in [1.165, 1.54) is 62.9 Å². The van der Waals surface area contributed by atoms with Crippen LogP contribution in [0.4, 0.5) is 0 Å². The van der Waals surface area contributed by atoms with Crippen molar-refractivity contribution in [2.45, 2.75) is 65.0 Å². The fourth-order valence-electron chi connectivity index (χ4n) is 3.42. The predicted octanol–water partition coefficient (Wildman–Crippen LogP) is 4.30. The second-order valence-corrected chi connectivity index (χ2v) is 6.48. The number of benzene rings is 1. The van der Waals surface area contributed by atoms with Crippen LogP contribution >= 0.6 is 0 Å². The van der Waals surface area contributed by atoms with Gasteiger partial charge in [0.15, 0.2) is 0 Å². The van der Waals surface area contributed by atoms with Gasteiger partial charge in [0.05, 0.1) is 0 Å². The summed E-state index contributed by atoms with van der Waals surface area (Å²) in [5, 5.41) is 3.66. The molecule has 1 aliphatic heterocycles. The smallest absolute Gasteiger partial charge is 0.0346 e. The van der Waals surface area contributed by atoms with Gasteiger partial charge in [-0.25, -0.2) is 0 Å². The number of aryl methyl sites for hydroxylation is 1. The van der Waals surface area contributed by atoms with E-state index in [1.54, 1.807) is 0 Å². The average molecular weight is 288 g/mol. The summed E-state index contributed by atoms with van der Waals surface area (Å²) >= 11 is 0. The van der Waals surface area contributed by atoms with Crippen LogP contribution in [0.25, 0.3) is 0 Å². The van der Waals surface area contributed by atoms with E-state index in [0.29, 0.717) is 12.1 Å². The molecule has 1 aromatic carbocycles. The molecule has 118 valence electrons. The van der Waals surface area contributed by atoms with Crippen LogP contribution in [0, 0.1) is 6.92 Å². The lowest BCUT2D eigenvalue weighted by Crippen LogP contribution is -2.40. The zero-order valence-corrected chi connectivity index (χ0v) is 14.1. The SMILES string of the molecule is CCCCN(CC1CCCN1)C(CC)c1ccc(C)cc1. The first kappa shape index (κ1) is 16.5. The van der Waals surface area contributed by atoms with Gasteiger partial charge in [0.1, 0.15) is 0 Å². The summed E-state index contributed by atoms with van der Waals surface area (Å²) in [4.78, 5) is 2.72. The van der Waals surface area contributed by atoms with Crippen LogP contribution < -0.4 is 5.32 Å². The van der Waals surface area contributed by atoms with E-state index in [-0.39, 0.29) is 0 Å². The summed E-state index contributed by atoms with van der Waals surface area (Å²) < 4.78 is 0. The van der Waals surface area contributed by atoms with Crippen molar-refractivity contribution in [3.05, 3.63) is 35.4 Å². The molecule has 2 unspecified atom stereocenters. The number of rotatable bonds is 8. The third-order valence-electron chi connectivity index (χ3n) is 4.71. The van der Waals surface area contributed by atoms with Gasteiger partial charge in [-0.1, -0.05) is 50.1 Å². The quantitative estimate of drug-likeness (QED) is 0.767. The number of nitrogens with zero attached hydrogens (tertiary/aromatic N) is 1. The van der Waals surface area contributed by atoms with E-state index >= 15 is 0 Å². The predicted molar refractivity (Wildman–Crippen MR) is 91.7 cm³/mol. The Labute approximate surface area is 130 Å². The Balaban J connectivity index is 2.08. The molecule has 1 fully saturated rings. The molecule has 0 aromatic heterocycles. The van der Waals surface area contributed by atoms with Gasteiger partial charge in [-0.3, -0.25) is 4.90 Å². The topological polar surface area (TPSA) is 15.3 Å². The minimum absolute atomic E-state index is 0.569. The second kappa shape index (κ2) is 8.55. The van der Waals surface area contributed by atoms with Gasteiger partial charge in [0.2, 0.25) is 0 Å². The highest BCUT2D eigenvalue weighted by Gasteiger charge is 2.23. The Bertz CT molecular complexity index is 393. The fourth-order valence-corrected chi connectivity index (χ4v) is 3.42. The fraction of sp³-hybridized carbons (Fsp3) is 0.684. The molecule has 0 amide bonds. The van der Waals surface area contributed by atoms with E-state index in [2.05, 4.69) is 55.3 Å². The molecule has 21 heavy (non-hydrogen) atoms. The van der Waals surface area contributed by atoms with E-state index in [1.807, 2.05) is 0 Å². The Morgan fingerprint density at radius 2 is 2.00 bits per heavy atom. The molecule has 0 bridgehead atoms. The molecule has 0 spiro atoms. The molecule has 1 heterocycles. The summed E-state index contributed by atoms with van der Waals surface area (Å²) in [6.45, 7) is 10.4. The number of nitrogens with one attached hydrogen (secondary N) is 1. The zero-order valence-electron chi connectivity index (χ0n) is 14.1. The van der Waals surface area contributed by atoms with Crippen molar-refractivity contribution in [2.24, 2.45) is 0 Å². The lowest BCUT2D eigenvalue weighted by atomic mass is 10.00. The summed E-state index contributed by atoms with van der Waals surface area (Å²) in [6.07, 6.45) is 6.45. The zero-order chi connectivity index (χ0) is 15.1. The third kappa shape index (κ3) is 4.82. The first-order valence-corrected chi connectivity index (χ1v) is 8.78. The Morgan fingerprint density at radius 3 is 2.57 bits per heavy atom. The van der Waals surface area contributed by atoms with E-state index < -0.39 is 0 Å².